The Balaban J connectivity index is 2.44. The number of hydrogen-bond acceptors (Lipinski definition) is 4. The van der Waals surface area contributed by atoms with Crippen LogP contribution in [0.5, 0.6) is 11.5 Å². The molecule has 2 aromatic rings. The standard InChI is InChI=1S/C16H19NO3/c1-4-11-6-5-7-17-15(11)16(18)12-8-13(19-2)10-14(9-12)20-3/h5-10,16,18H,4H2,1-3H3. The minimum absolute atomic E-state index is 0.646. The Hall–Kier alpha value is -2.07. The normalized spacial score (nSPS) is 12.0. The number of ether oxygens (including phenoxy) is 2. The van der Waals surface area contributed by atoms with E-state index >= 15 is 0 Å². The Morgan fingerprint density at radius 3 is 2.35 bits per heavy atom. The highest BCUT2D eigenvalue weighted by Crippen LogP contribution is 2.30. The van der Waals surface area contributed by atoms with E-state index in [2.05, 4.69) is 4.98 Å². The van der Waals surface area contributed by atoms with Crippen LogP contribution in [0.4, 0.5) is 0 Å². The maximum Gasteiger partial charge on any atom is 0.122 e. The fourth-order valence-corrected chi connectivity index (χ4v) is 2.14. The lowest BCUT2D eigenvalue weighted by Gasteiger charge is -2.16. The van der Waals surface area contributed by atoms with Crippen LogP contribution in [0.15, 0.2) is 36.5 Å². The zero-order valence-corrected chi connectivity index (χ0v) is 12.0. The van der Waals surface area contributed by atoms with Gasteiger partial charge >= 0.3 is 0 Å². The molecule has 20 heavy (non-hydrogen) atoms. The molecule has 0 fully saturated rings. The molecule has 0 saturated heterocycles. The van der Waals surface area contributed by atoms with Crippen LogP contribution in [0.2, 0.25) is 0 Å². The third kappa shape index (κ3) is 2.91. The molecular formula is C16H19NO3. The predicted octanol–water partition coefficient (Wildman–Crippen LogP) is 2.74. The Bertz CT molecular complexity index is 561. The van der Waals surface area contributed by atoms with Crippen molar-refractivity contribution in [2.75, 3.05) is 14.2 Å². The number of hydrogen-bond donors (Lipinski definition) is 1. The maximum absolute atomic E-state index is 10.6. The lowest BCUT2D eigenvalue weighted by molar-refractivity contribution is 0.213. The van der Waals surface area contributed by atoms with Crippen molar-refractivity contribution in [3.63, 3.8) is 0 Å². The molecule has 1 unspecified atom stereocenters. The molecule has 1 atom stereocenters. The van der Waals surface area contributed by atoms with Crippen LogP contribution in [-0.4, -0.2) is 24.3 Å². The van der Waals surface area contributed by atoms with Crippen LogP contribution >= 0.6 is 0 Å². The summed E-state index contributed by atoms with van der Waals surface area (Å²) in [6.45, 7) is 2.04. The summed E-state index contributed by atoms with van der Waals surface area (Å²) in [4.78, 5) is 4.31. The van der Waals surface area contributed by atoms with Crippen LogP contribution in [-0.2, 0) is 6.42 Å². The first-order chi connectivity index (χ1) is 9.69. The van der Waals surface area contributed by atoms with E-state index in [0.717, 1.165) is 12.0 Å². The van der Waals surface area contributed by atoms with E-state index in [1.807, 2.05) is 19.1 Å². The molecule has 1 aromatic heterocycles. The summed E-state index contributed by atoms with van der Waals surface area (Å²) in [5.41, 5.74) is 2.40. The van der Waals surface area contributed by atoms with Crippen LogP contribution in [0.25, 0.3) is 0 Å². The lowest BCUT2D eigenvalue weighted by Crippen LogP contribution is -2.06. The van der Waals surface area contributed by atoms with E-state index in [0.29, 0.717) is 22.8 Å². The fourth-order valence-electron chi connectivity index (χ4n) is 2.14. The van der Waals surface area contributed by atoms with Gasteiger partial charge in [-0.25, -0.2) is 0 Å². The largest absolute Gasteiger partial charge is 0.497 e. The highest BCUT2D eigenvalue weighted by molar-refractivity contribution is 5.42. The van der Waals surface area contributed by atoms with Gasteiger partial charge < -0.3 is 14.6 Å². The molecule has 0 saturated carbocycles. The summed E-state index contributed by atoms with van der Waals surface area (Å²) in [6, 6.07) is 9.21. The van der Waals surface area contributed by atoms with Gasteiger partial charge in [-0.3, -0.25) is 4.98 Å². The number of rotatable bonds is 5. The summed E-state index contributed by atoms with van der Waals surface area (Å²) in [5, 5.41) is 10.6. The summed E-state index contributed by atoms with van der Waals surface area (Å²) in [5.74, 6) is 1.29. The van der Waals surface area contributed by atoms with Gasteiger partial charge in [0.25, 0.3) is 0 Å². The minimum atomic E-state index is -0.796. The summed E-state index contributed by atoms with van der Waals surface area (Å²) in [7, 11) is 3.17. The molecule has 1 aromatic carbocycles. The molecule has 1 N–H and O–H groups in total. The molecule has 0 bridgehead atoms. The Morgan fingerprint density at radius 2 is 1.80 bits per heavy atom. The molecular weight excluding hydrogens is 254 g/mol. The third-order valence-corrected chi connectivity index (χ3v) is 3.26. The van der Waals surface area contributed by atoms with Crippen molar-refractivity contribution in [3.8, 4) is 11.5 Å². The highest BCUT2D eigenvalue weighted by atomic mass is 16.5. The van der Waals surface area contributed by atoms with E-state index in [1.54, 1.807) is 38.6 Å². The van der Waals surface area contributed by atoms with Gasteiger partial charge in [0.2, 0.25) is 0 Å². The van der Waals surface area contributed by atoms with Crippen LogP contribution in [0, 0.1) is 0 Å². The van der Waals surface area contributed by atoms with Crippen molar-refractivity contribution >= 4 is 0 Å². The average molecular weight is 273 g/mol. The Kier molecular flexibility index (Phi) is 4.58. The van der Waals surface area contributed by atoms with Crippen molar-refractivity contribution in [1.29, 1.82) is 0 Å². The van der Waals surface area contributed by atoms with Crippen molar-refractivity contribution in [2.24, 2.45) is 0 Å². The van der Waals surface area contributed by atoms with Gasteiger partial charge in [0.1, 0.15) is 17.6 Å². The molecule has 1 heterocycles. The summed E-state index contributed by atoms with van der Waals surface area (Å²) in [6.07, 6.45) is 1.71. The molecule has 0 aliphatic carbocycles. The molecule has 4 nitrogen and oxygen atoms in total. The van der Waals surface area contributed by atoms with Gasteiger partial charge in [-0.1, -0.05) is 13.0 Å². The van der Waals surface area contributed by atoms with Crippen LogP contribution in [0.1, 0.15) is 29.8 Å². The second-order valence-electron chi connectivity index (χ2n) is 4.45. The SMILES string of the molecule is CCc1cccnc1C(O)c1cc(OC)cc(OC)c1. The van der Waals surface area contributed by atoms with E-state index < -0.39 is 6.10 Å². The summed E-state index contributed by atoms with van der Waals surface area (Å²) < 4.78 is 10.5. The quantitative estimate of drug-likeness (QED) is 0.910. The Labute approximate surface area is 119 Å². The topological polar surface area (TPSA) is 51.6 Å². The van der Waals surface area contributed by atoms with E-state index in [4.69, 9.17) is 9.47 Å². The van der Waals surface area contributed by atoms with Crippen molar-refractivity contribution in [1.82, 2.24) is 4.98 Å². The monoisotopic (exact) mass is 273 g/mol. The summed E-state index contributed by atoms with van der Waals surface area (Å²) >= 11 is 0. The molecule has 0 spiro atoms. The number of pyridine rings is 1. The number of aliphatic hydroxyl groups is 1. The first-order valence-corrected chi connectivity index (χ1v) is 6.54. The van der Waals surface area contributed by atoms with E-state index in [9.17, 15) is 5.11 Å². The first-order valence-electron chi connectivity index (χ1n) is 6.54. The van der Waals surface area contributed by atoms with Gasteiger partial charge in [-0.2, -0.15) is 0 Å². The van der Waals surface area contributed by atoms with Gasteiger partial charge in [0, 0.05) is 12.3 Å². The highest BCUT2D eigenvalue weighted by Gasteiger charge is 2.17. The third-order valence-electron chi connectivity index (χ3n) is 3.26. The smallest absolute Gasteiger partial charge is 0.122 e. The number of aromatic nitrogens is 1. The van der Waals surface area contributed by atoms with E-state index in [-0.39, 0.29) is 0 Å². The number of aryl methyl sites for hydroxylation is 1. The van der Waals surface area contributed by atoms with Crippen LogP contribution in [0.3, 0.4) is 0 Å². The van der Waals surface area contributed by atoms with Gasteiger partial charge in [-0.05, 0) is 35.7 Å². The molecule has 2 rings (SSSR count). The van der Waals surface area contributed by atoms with E-state index in [1.165, 1.54) is 0 Å². The number of nitrogens with zero attached hydrogens (tertiary/aromatic N) is 1. The second-order valence-corrected chi connectivity index (χ2v) is 4.45. The predicted molar refractivity (Wildman–Crippen MR) is 77.2 cm³/mol. The zero-order valence-electron chi connectivity index (χ0n) is 12.0. The van der Waals surface area contributed by atoms with Gasteiger partial charge in [0.05, 0.1) is 19.9 Å². The van der Waals surface area contributed by atoms with Crippen molar-refractivity contribution in [2.45, 2.75) is 19.4 Å². The minimum Gasteiger partial charge on any atom is -0.497 e. The number of methoxy groups -OCH3 is 2. The van der Waals surface area contributed by atoms with Gasteiger partial charge in [0.15, 0.2) is 0 Å². The molecule has 0 aliphatic heterocycles. The maximum atomic E-state index is 10.6. The molecule has 106 valence electrons. The van der Waals surface area contributed by atoms with Crippen LogP contribution < -0.4 is 9.47 Å². The second kappa shape index (κ2) is 6.39. The number of aliphatic hydroxyl groups excluding tert-OH is 1. The molecule has 0 radical (unpaired) electrons. The lowest BCUT2D eigenvalue weighted by atomic mass is 10.0. The van der Waals surface area contributed by atoms with Crippen molar-refractivity contribution in [3.05, 3.63) is 53.3 Å². The molecule has 0 amide bonds. The molecule has 0 aliphatic rings. The number of benzene rings is 1. The Morgan fingerprint density at radius 1 is 1.15 bits per heavy atom. The molecule has 4 heteroatoms. The average Bonchev–Trinajstić information content (AvgIpc) is 2.53. The zero-order chi connectivity index (χ0) is 14.5. The fraction of sp³-hybridized carbons (Fsp3) is 0.312. The first kappa shape index (κ1) is 14.3. The van der Waals surface area contributed by atoms with Gasteiger partial charge in [-0.15, -0.1) is 0 Å². The van der Waals surface area contributed by atoms with Crippen molar-refractivity contribution < 1.29 is 14.6 Å².